The summed E-state index contributed by atoms with van der Waals surface area (Å²) in [4.78, 5) is 4.26. The van der Waals surface area contributed by atoms with Gasteiger partial charge in [-0.2, -0.15) is 0 Å². The summed E-state index contributed by atoms with van der Waals surface area (Å²) in [6.07, 6.45) is 11.9. The third-order valence-electron chi connectivity index (χ3n) is 2.05. The Morgan fingerprint density at radius 3 is 2.38 bits per heavy atom. The molecule has 0 spiro atoms. The lowest BCUT2D eigenvalue weighted by Gasteiger charge is -2.00. The molecule has 0 bridgehead atoms. The molecule has 1 nitrogen and oxygen atoms in total. The zero-order valence-corrected chi connectivity index (χ0v) is 9.85. The minimum atomic E-state index is 0.911. The molecule has 0 N–H and O–H groups in total. The Morgan fingerprint density at radius 2 is 1.88 bits per heavy atom. The van der Waals surface area contributed by atoms with Crippen LogP contribution in [0.3, 0.4) is 0 Å². The zero-order chi connectivity index (χ0) is 11.8. The molecule has 1 heteroatoms. The van der Waals surface area contributed by atoms with Crippen LogP contribution in [0.15, 0.2) is 66.9 Å². The minimum absolute atomic E-state index is 0.911. The normalized spacial score (nSPS) is 12.5. The van der Waals surface area contributed by atoms with Gasteiger partial charge in [0.25, 0.3) is 0 Å². The fraction of sp³-hybridized carbons (Fsp3) is 0.133. The van der Waals surface area contributed by atoms with Crippen molar-refractivity contribution in [3.8, 4) is 0 Å². The van der Waals surface area contributed by atoms with Crippen molar-refractivity contribution in [2.24, 2.45) is 0 Å². The summed E-state index contributed by atoms with van der Waals surface area (Å²) in [5.74, 6) is 0. The number of pyridine rings is 1. The highest BCUT2D eigenvalue weighted by Gasteiger charge is 1.96. The molecule has 0 amide bonds. The molecule has 0 unspecified atom stereocenters. The van der Waals surface area contributed by atoms with Gasteiger partial charge in [-0.25, -0.2) is 0 Å². The van der Waals surface area contributed by atoms with Crippen LogP contribution in [0.5, 0.6) is 0 Å². The van der Waals surface area contributed by atoms with E-state index in [1.54, 1.807) is 6.20 Å². The van der Waals surface area contributed by atoms with Gasteiger partial charge in [-0.15, -0.1) is 0 Å². The minimum Gasteiger partial charge on any atom is -0.256 e. The first kappa shape index (κ1) is 12.2. The molecular weight excluding hydrogens is 194 g/mol. The molecule has 1 aromatic rings. The lowest BCUT2D eigenvalue weighted by atomic mass is 10.1. The summed E-state index contributed by atoms with van der Waals surface area (Å²) < 4.78 is 0. The van der Waals surface area contributed by atoms with Crippen molar-refractivity contribution in [2.75, 3.05) is 0 Å². The van der Waals surface area contributed by atoms with Crippen LogP contribution >= 0.6 is 0 Å². The van der Waals surface area contributed by atoms with Gasteiger partial charge in [0.15, 0.2) is 0 Å². The Bertz CT molecular complexity index is 408. The molecule has 0 radical (unpaired) electrons. The van der Waals surface area contributed by atoms with E-state index < -0.39 is 0 Å². The number of hydrogen-bond donors (Lipinski definition) is 0. The van der Waals surface area contributed by atoms with Gasteiger partial charge in [0.1, 0.15) is 0 Å². The summed E-state index contributed by atoms with van der Waals surface area (Å²) in [7, 11) is 0. The van der Waals surface area contributed by atoms with Crippen LogP contribution in [0.2, 0.25) is 0 Å². The molecule has 82 valence electrons. The van der Waals surface area contributed by atoms with E-state index >= 15 is 0 Å². The number of rotatable bonds is 4. The van der Waals surface area contributed by atoms with Crippen molar-refractivity contribution in [2.45, 2.75) is 13.8 Å². The van der Waals surface area contributed by atoms with Crippen LogP contribution in [0, 0.1) is 0 Å². The fourth-order valence-corrected chi connectivity index (χ4v) is 1.36. The predicted octanol–water partition coefficient (Wildman–Crippen LogP) is 4.17. The summed E-state index contributed by atoms with van der Waals surface area (Å²) in [6, 6.07) is 5.83. The third kappa shape index (κ3) is 3.70. The van der Waals surface area contributed by atoms with Crippen molar-refractivity contribution in [1.82, 2.24) is 4.98 Å². The largest absolute Gasteiger partial charge is 0.256 e. The van der Waals surface area contributed by atoms with Crippen molar-refractivity contribution in [3.05, 3.63) is 72.6 Å². The maximum absolute atomic E-state index is 4.26. The van der Waals surface area contributed by atoms with E-state index in [4.69, 9.17) is 0 Å². The van der Waals surface area contributed by atoms with E-state index in [0.717, 1.165) is 16.8 Å². The predicted molar refractivity (Wildman–Crippen MR) is 71.0 cm³/mol. The van der Waals surface area contributed by atoms with Gasteiger partial charge in [-0.05, 0) is 43.2 Å². The van der Waals surface area contributed by atoms with Gasteiger partial charge in [0.05, 0.1) is 5.69 Å². The highest BCUT2D eigenvalue weighted by atomic mass is 14.7. The average Bonchev–Trinajstić information content (AvgIpc) is 2.31. The number of aromatic nitrogens is 1. The molecule has 0 aliphatic heterocycles. The summed E-state index contributed by atoms with van der Waals surface area (Å²) in [5.41, 5.74) is 2.96. The van der Waals surface area contributed by atoms with Gasteiger partial charge in [0, 0.05) is 6.20 Å². The van der Waals surface area contributed by atoms with Crippen molar-refractivity contribution in [1.29, 1.82) is 0 Å². The molecule has 16 heavy (non-hydrogen) atoms. The van der Waals surface area contributed by atoms with Crippen LogP contribution in [0.1, 0.15) is 19.5 Å². The first-order valence-corrected chi connectivity index (χ1v) is 5.35. The van der Waals surface area contributed by atoms with Crippen LogP contribution in [-0.2, 0) is 0 Å². The Balaban J connectivity index is 2.93. The second kappa shape index (κ2) is 6.57. The highest BCUT2D eigenvalue weighted by molar-refractivity contribution is 5.71. The van der Waals surface area contributed by atoms with Gasteiger partial charge in [0.2, 0.25) is 0 Å². The average molecular weight is 211 g/mol. The molecule has 0 atom stereocenters. The van der Waals surface area contributed by atoms with E-state index in [1.165, 1.54) is 0 Å². The first-order chi connectivity index (χ1) is 7.77. The van der Waals surface area contributed by atoms with E-state index in [-0.39, 0.29) is 0 Å². The van der Waals surface area contributed by atoms with E-state index in [0.29, 0.717) is 0 Å². The summed E-state index contributed by atoms with van der Waals surface area (Å²) in [6.45, 7) is 8.02. The fourth-order valence-electron chi connectivity index (χ4n) is 1.36. The van der Waals surface area contributed by atoms with Gasteiger partial charge >= 0.3 is 0 Å². The molecule has 1 aromatic heterocycles. The lowest BCUT2D eigenvalue weighted by molar-refractivity contribution is 1.28. The monoisotopic (exact) mass is 211 g/mol. The van der Waals surface area contributed by atoms with Gasteiger partial charge < -0.3 is 0 Å². The third-order valence-corrected chi connectivity index (χ3v) is 2.05. The Morgan fingerprint density at radius 1 is 1.19 bits per heavy atom. The molecule has 1 rings (SSSR count). The number of allylic oxidation sites excluding steroid dienone is 7. The van der Waals surface area contributed by atoms with Crippen LogP contribution < -0.4 is 0 Å². The smallest absolute Gasteiger partial charge is 0.0696 e. The molecule has 0 aliphatic rings. The zero-order valence-electron chi connectivity index (χ0n) is 9.85. The van der Waals surface area contributed by atoms with Crippen LogP contribution in [0.25, 0.3) is 5.57 Å². The highest BCUT2D eigenvalue weighted by Crippen LogP contribution is 2.14. The van der Waals surface area contributed by atoms with E-state index in [9.17, 15) is 0 Å². The maximum Gasteiger partial charge on any atom is 0.0696 e. The number of hydrogen-bond acceptors (Lipinski definition) is 1. The van der Waals surface area contributed by atoms with Crippen molar-refractivity contribution >= 4 is 5.57 Å². The quantitative estimate of drug-likeness (QED) is 0.681. The topological polar surface area (TPSA) is 12.9 Å². The molecule has 0 fully saturated rings. The van der Waals surface area contributed by atoms with Gasteiger partial charge in [-0.1, -0.05) is 36.9 Å². The van der Waals surface area contributed by atoms with Crippen molar-refractivity contribution in [3.63, 3.8) is 0 Å². The Hall–Kier alpha value is -1.89. The molecule has 0 saturated carbocycles. The van der Waals surface area contributed by atoms with E-state index in [1.807, 2.05) is 62.4 Å². The summed E-state index contributed by atoms with van der Waals surface area (Å²) in [5, 5.41) is 0. The second-order valence-electron chi connectivity index (χ2n) is 3.38. The molecule has 0 aliphatic carbocycles. The molecule has 0 saturated heterocycles. The SMILES string of the molecule is C=C(C=C(/C=C\C)/C=C/C)c1ccccn1. The maximum atomic E-state index is 4.26. The number of nitrogens with zero attached hydrogens (tertiary/aromatic N) is 1. The van der Waals surface area contributed by atoms with Crippen LogP contribution in [0.4, 0.5) is 0 Å². The summed E-state index contributed by atoms with van der Waals surface area (Å²) >= 11 is 0. The molecular formula is C15H17N. The molecule has 0 aromatic carbocycles. The standard InChI is InChI=1S/C15H17N/c1-4-8-14(9-5-2)12-13(3)15-10-6-7-11-16-15/h4-12H,3H2,1-2H3/b8-4-,9-5+,14-12?. The van der Waals surface area contributed by atoms with Gasteiger partial charge in [-0.3, -0.25) is 4.98 Å². The van der Waals surface area contributed by atoms with Crippen molar-refractivity contribution < 1.29 is 0 Å². The first-order valence-electron chi connectivity index (χ1n) is 5.35. The Kier molecular flexibility index (Phi) is 5.00. The Labute approximate surface area is 97.5 Å². The van der Waals surface area contributed by atoms with E-state index in [2.05, 4.69) is 11.6 Å². The lowest BCUT2D eigenvalue weighted by Crippen LogP contribution is -1.84. The molecule has 1 heterocycles. The van der Waals surface area contributed by atoms with Crippen LogP contribution in [-0.4, -0.2) is 4.98 Å². The second-order valence-corrected chi connectivity index (χ2v) is 3.38.